The number of aryl methyl sites for hydroxylation is 5. The molecule has 0 bridgehead atoms. The summed E-state index contributed by atoms with van der Waals surface area (Å²) in [6.45, 7) is 12.0. The molecule has 0 radical (unpaired) electrons. The molecule has 0 atom stereocenters. The minimum Gasteiger partial charge on any atom is -0.293 e. The van der Waals surface area contributed by atoms with Gasteiger partial charge in [0, 0.05) is 17.0 Å². The maximum absolute atomic E-state index is 12.5. The van der Waals surface area contributed by atoms with E-state index in [1.54, 1.807) is 0 Å². The maximum Gasteiger partial charge on any atom is 0.188 e. The summed E-state index contributed by atoms with van der Waals surface area (Å²) in [5.41, 5.74) is 7.17. The minimum absolute atomic E-state index is 0.138. The van der Waals surface area contributed by atoms with Gasteiger partial charge in [0.05, 0.1) is 5.75 Å². The second-order valence-electron chi connectivity index (χ2n) is 5.79. The van der Waals surface area contributed by atoms with Gasteiger partial charge in [-0.1, -0.05) is 29.5 Å². The second kappa shape index (κ2) is 6.61. The number of carbonyl (C=O) groups is 1. The van der Waals surface area contributed by atoms with Gasteiger partial charge >= 0.3 is 0 Å². The minimum atomic E-state index is 0.138. The van der Waals surface area contributed by atoms with Gasteiger partial charge in [-0.15, -0.1) is 0 Å². The molecule has 2 rings (SSSR count). The van der Waals surface area contributed by atoms with E-state index in [0.29, 0.717) is 10.9 Å². The molecule has 116 valence electrons. The van der Waals surface area contributed by atoms with Crippen molar-refractivity contribution in [3.8, 4) is 0 Å². The van der Waals surface area contributed by atoms with Crippen LogP contribution in [0.5, 0.6) is 0 Å². The van der Waals surface area contributed by atoms with Crippen molar-refractivity contribution in [1.82, 2.24) is 9.97 Å². The van der Waals surface area contributed by atoms with E-state index in [4.69, 9.17) is 0 Å². The molecule has 0 amide bonds. The lowest BCUT2D eigenvalue weighted by Crippen LogP contribution is -2.09. The van der Waals surface area contributed by atoms with Gasteiger partial charge in [0.2, 0.25) is 0 Å². The van der Waals surface area contributed by atoms with Gasteiger partial charge in [-0.05, 0) is 58.2 Å². The Morgan fingerprint density at radius 1 is 0.955 bits per heavy atom. The van der Waals surface area contributed by atoms with Crippen molar-refractivity contribution in [3.05, 3.63) is 51.3 Å². The molecule has 0 fully saturated rings. The van der Waals surface area contributed by atoms with Gasteiger partial charge in [-0.3, -0.25) is 4.79 Å². The van der Waals surface area contributed by atoms with E-state index in [2.05, 4.69) is 29.0 Å². The van der Waals surface area contributed by atoms with E-state index in [1.807, 2.05) is 34.6 Å². The fourth-order valence-electron chi connectivity index (χ4n) is 2.63. The Labute approximate surface area is 136 Å². The number of nitrogens with zero attached hydrogens (tertiary/aromatic N) is 2. The first-order valence-corrected chi connectivity index (χ1v) is 8.34. The molecule has 2 aromatic rings. The van der Waals surface area contributed by atoms with Gasteiger partial charge in [0.1, 0.15) is 0 Å². The third-order valence-corrected chi connectivity index (χ3v) is 4.75. The average molecular weight is 314 g/mol. The smallest absolute Gasteiger partial charge is 0.188 e. The topological polar surface area (TPSA) is 42.9 Å². The van der Waals surface area contributed by atoms with Crippen molar-refractivity contribution in [2.24, 2.45) is 0 Å². The van der Waals surface area contributed by atoms with Gasteiger partial charge in [-0.2, -0.15) is 0 Å². The highest BCUT2D eigenvalue weighted by atomic mass is 32.2. The summed E-state index contributed by atoms with van der Waals surface area (Å²) in [6, 6.07) is 4.11. The molecule has 0 N–H and O–H groups in total. The SMILES string of the molecule is Cc1cc(C)c(C(=O)CSc2nc(C)c(C)c(C)n2)c(C)c1. The summed E-state index contributed by atoms with van der Waals surface area (Å²) < 4.78 is 0. The van der Waals surface area contributed by atoms with E-state index in [1.165, 1.54) is 17.3 Å². The van der Waals surface area contributed by atoms with Gasteiger partial charge in [0.25, 0.3) is 0 Å². The first kappa shape index (κ1) is 16.7. The number of Topliss-reactive ketones (excluding diaryl/α,β-unsaturated/α-hetero) is 1. The van der Waals surface area contributed by atoms with Crippen LogP contribution in [0.15, 0.2) is 17.3 Å². The van der Waals surface area contributed by atoms with Gasteiger partial charge in [-0.25, -0.2) is 9.97 Å². The first-order valence-electron chi connectivity index (χ1n) is 7.35. The number of rotatable bonds is 4. The summed E-state index contributed by atoms with van der Waals surface area (Å²) >= 11 is 1.41. The largest absolute Gasteiger partial charge is 0.293 e. The highest BCUT2D eigenvalue weighted by Crippen LogP contribution is 2.22. The van der Waals surface area contributed by atoms with Crippen LogP contribution in [-0.4, -0.2) is 21.5 Å². The lowest BCUT2D eigenvalue weighted by atomic mass is 9.97. The quantitative estimate of drug-likeness (QED) is 0.479. The Balaban J connectivity index is 2.17. The van der Waals surface area contributed by atoms with Crippen molar-refractivity contribution in [2.45, 2.75) is 46.7 Å². The van der Waals surface area contributed by atoms with Crippen LogP contribution < -0.4 is 0 Å². The molecule has 0 unspecified atom stereocenters. The summed E-state index contributed by atoms with van der Waals surface area (Å²) in [4.78, 5) is 21.4. The van der Waals surface area contributed by atoms with E-state index in [9.17, 15) is 4.79 Å². The zero-order valence-corrected chi connectivity index (χ0v) is 14.9. The number of hydrogen-bond donors (Lipinski definition) is 0. The van der Waals surface area contributed by atoms with Crippen LogP contribution in [0.3, 0.4) is 0 Å². The van der Waals surface area contributed by atoms with E-state index < -0.39 is 0 Å². The molecule has 0 spiro atoms. The molecule has 22 heavy (non-hydrogen) atoms. The van der Waals surface area contributed by atoms with Crippen LogP contribution in [0.2, 0.25) is 0 Å². The van der Waals surface area contributed by atoms with Crippen LogP contribution in [0, 0.1) is 41.5 Å². The molecule has 3 nitrogen and oxygen atoms in total. The Morgan fingerprint density at radius 2 is 1.45 bits per heavy atom. The molecule has 0 aliphatic heterocycles. The second-order valence-corrected chi connectivity index (χ2v) is 6.73. The Hall–Kier alpha value is -1.68. The van der Waals surface area contributed by atoms with Gasteiger partial charge in [0.15, 0.2) is 10.9 Å². The third kappa shape index (κ3) is 3.55. The third-order valence-electron chi connectivity index (χ3n) is 3.90. The van der Waals surface area contributed by atoms with Crippen LogP contribution in [0.1, 0.15) is 44.0 Å². The van der Waals surface area contributed by atoms with Crippen molar-refractivity contribution in [3.63, 3.8) is 0 Å². The molecular weight excluding hydrogens is 292 g/mol. The summed E-state index contributed by atoms with van der Waals surface area (Å²) in [7, 11) is 0. The molecule has 4 heteroatoms. The maximum atomic E-state index is 12.5. The monoisotopic (exact) mass is 314 g/mol. The van der Waals surface area contributed by atoms with Crippen molar-refractivity contribution in [1.29, 1.82) is 0 Å². The lowest BCUT2D eigenvalue weighted by molar-refractivity contribution is 0.102. The molecule has 0 aliphatic carbocycles. The molecule has 1 aromatic heterocycles. The predicted molar refractivity (Wildman–Crippen MR) is 92.0 cm³/mol. The molecule has 1 heterocycles. The molecular formula is C18H22N2OS. The summed E-state index contributed by atoms with van der Waals surface area (Å²) in [5, 5.41) is 0.677. The first-order chi connectivity index (χ1) is 10.3. The van der Waals surface area contributed by atoms with E-state index in [-0.39, 0.29) is 5.78 Å². The van der Waals surface area contributed by atoms with Gasteiger partial charge < -0.3 is 0 Å². The standard InChI is InChI=1S/C18H22N2OS/c1-10-7-11(2)17(12(3)8-10)16(21)9-22-18-19-14(5)13(4)15(6)20-18/h7-8H,9H2,1-6H3. The van der Waals surface area contributed by atoms with E-state index >= 15 is 0 Å². The Bertz CT molecular complexity index is 692. The lowest BCUT2D eigenvalue weighted by Gasteiger charge is -2.10. The van der Waals surface area contributed by atoms with E-state index in [0.717, 1.165) is 33.6 Å². The number of benzene rings is 1. The summed E-state index contributed by atoms with van der Waals surface area (Å²) in [6.07, 6.45) is 0. The number of aromatic nitrogens is 2. The summed E-state index contributed by atoms with van der Waals surface area (Å²) in [5.74, 6) is 0.506. The van der Waals surface area contributed by atoms with Crippen molar-refractivity contribution < 1.29 is 4.79 Å². The molecule has 0 saturated heterocycles. The zero-order valence-electron chi connectivity index (χ0n) is 14.1. The highest BCUT2D eigenvalue weighted by molar-refractivity contribution is 7.99. The molecule has 0 aliphatic rings. The van der Waals surface area contributed by atoms with Crippen molar-refractivity contribution >= 4 is 17.5 Å². The number of hydrogen-bond acceptors (Lipinski definition) is 4. The highest BCUT2D eigenvalue weighted by Gasteiger charge is 2.14. The van der Waals surface area contributed by atoms with Crippen LogP contribution in [0.4, 0.5) is 0 Å². The van der Waals surface area contributed by atoms with Crippen LogP contribution in [-0.2, 0) is 0 Å². The number of carbonyl (C=O) groups excluding carboxylic acids is 1. The van der Waals surface area contributed by atoms with Crippen LogP contribution in [0.25, 0.3) is 0 Å². The predicted octanol–water partition coefficient (Wildman–Crippen LogP) is 4.30. The Kier molecular flexibility index (Phi) is 5.01. The average Bonchev–Trinajstić information content (AvgIpc) is 2.41. The fraction of sp³-hybridized carbons (Fsp3) is 0.389. The number of ketones is 1. The van der Waals surface area contributed by atoms with Crippen LogP contribution >= 0.6 is 11.8 Å². The van der Waals surface area contributed by atoms with Crippen molar-refractivity contribution in [2.75, 3.05) is 5.75 Å². The normalized spacial score (nSPS) is 10.8. The Morgan fingerprint density at radius 3 is 1.95 bits per heavy atom. The molecule has 0 saturated carbocycles. The fourth-order valence-corrected chi connectivity index (χ4v) is 3.44. The number of thioether (sulfide) groups is 1. The molecule has 1 aromatic carbocycles. The zero-order chi connectivity index (χ0) is 16.4.